The minimum absolute atomic E-state index is 0.450. The Morgan fingerprint density at radius 2 is 1.75 bits per heavy atom. The normalized spacial score (nSPS) is 37.5. The van der Waals surface area contributed by atoms with Gasteiger partial charge in [-0.2, -0.15) is 0 Å². The fourth-order valence-corrected chi connectivity index (χ4v) is 3.48. The lowest BCUT2D eigenvalue weighted by atomic mass is 9.74. The maximum Gasteiger partial charge on any atom is 0.00985 e. The SMILES string of the molecule is CC1CC(N)CCN1C1CCC(C)(C)CC1. The van der Waals surface area contributed by atoms with E-state index in [4.69, 9.17) is 5.73 Å². The molecule has 16 heavy (non-hydrogen) atoms. The zero-order valence-electron chi connectivity index (χ0n) is 11.2. The fraction of sp³-hybridized carbons (Fsp3) is 1.00. The molecule has 0 bridgehead atoms. The average Bonchev–Trinajstić information content (AvgIpc) is 2.19. The van der Waals surface area contributed by atoms with E-state index in [0.29, 0.717) is 17.5 Å². The molecule has 2 heteroatoms. The molecule has 2 aliphatic rings. The van der Waals surface area contributed by atoms with Gasteiger partial charge in [-0.1, -0.05) is 13.8 Å². The molecule has 0 aromatic carbocycles. The molecular weight excluding hydrogens is 196 g/mol. The van der Waals surface area contributed by atoms with Crippen molar-refractivity contribution >= 4 is 0 Å². The summed E-state index contributed by atoms with van der Waals surface area (Å²) in [5.74, 6) is 0. The molecule has 2 atom stereocenters. The van der Waals surface area contributed by atoms with Gasteiger partial charge >= 0.3 is 0 Å². The lowest BCUT2D eigenvalue weighted by Crippen LogP contribution is -2.51. The predicted octanol–water partition coefficient (Wildman–Crippen LogP) is 2.77. The molecule has 1 aliphatic heterocycles. The highest BCUT2D eigenvalue weighted by Crippen LogP contribution is 2.38. The summed E-state index contributed by atoms with van der Waals surface area (Å²) in [4.78, 5) is 2.73. The number of rotatable bonds is 1. The summed E-state index contributed by atoms with van der Waals surface area (Å²) in [6, 6.07) is 2.00. The second-order valence-corrected chi connectivity index (χ2v) is 6.77. The largest absolute Gasteiger partial charge is 0.328 e. The first-order valence-corrected chi connectivity index (χ1v) is 6.99. The van der Waals surface area contributed by atoms with Gasteiger partial charge in [-0.15, -0.1) is 0 Å². The first-order valence-electron chi connectivity index (χ1n) is 6.99. The Morgan fingerprint density at radius 3 is 2.31 bits per heavy atom. The van der Waals surface area contributed by atoms with Crippen molar-refractivity contribution in [3.63, 3.8) is 0 Å². The standard InChI is InChI=1S/C14H28N2/c1-11-10-12(15)6-9-16(11)13-4-7-14(2,3)8-5-13/h11-13H,4-10,15H2,1-3H3. The molecule has 1 saturated heterocycles. The van der Waals surface area contributed by atoms with Crippen molar-refractivity contribution in [3.8, 4) is 0 Å². The number of likely N-dealkylation sites (tertiary alicyclic amines) is 1. The van der Waals surface area contributed by atoms with Crippen molar-refractivity contribution in [2.75, 3.05) is 6.54 Å². The van der Waals surface area contributed by atoms with Crippen molar-refractivity contribution in [2.45, 2.75) is 77.4 Å². The van der Waals surface area contributed by atoms with Crippen LogP contribution in [0.1, 0.15) is 59.3 Å². The van der Waals surface area contributed by atoms with Crippen LogP contribution in [0.5, 0.6) is 0 Å². The lowest BCUT2D eigenvalue weighted by molar-refractivity contribution is 0.0498. The number of nitrogens with two attached hydrogens (primary N) is 1. The van der Waals surface area contributed by atoms with Gasteiger partial charge in [0.2, 0.25) is 0 Å². The average molecular weight is 224 g/mol. The summed E-state index contributed by atoms with van der Waals surface area (Å²) < 4.78 is 0. The quantitative estimate of drug-likeness (QED) is 0.742. The van der Waals surface area contributed by atoms with Gasteiger partial charge in [0.15, 0.2) is 0 Å². The lowest BCUT2D eigenvalue weighted by Gasteiger charge is -2.45. The molecule has 94 valence electrons. The number of piperidine rings is 1. The maximum absolute atomic E-state index is 6.03. The van der Waals surface area contributed by atoms with Gasteiger partial charge in [0.05, 0.1) is 0 Å². The summed E-state index contributed by atoms with van der Waals surface area (Å²) in [5, 5.41) is 0. The molecule has 2 nitrogen and oxygen atoms in total. The Kier molecular flexibility index (Phi) is 3.60. The van der Waals surface area contributed by atoms with E-state index in [9.17, 15) is 0 Å². The van der Waals surface area contributed by atoms with E-state index in [2.05, 4.69) is 25.7 Å². The molecular formula is C14H28N2. The Morgan fingerprint density at radius 1 is 1.12 bits per heavy atom. The van der Waals surface area contributed by atoms with E-state index in [1.54, 1.807) is 0 Å². The van der Waals surface area contributed by atoms with Crippen molar-refractivity contribution in [3.05, 3.63) is 0 Å². The van der Waals surface area contributed by atoms with Crippen LogP contribution in [0.2, 0.25) is 0 Å². The summed E-state index contributed by atoms with van der Waals surface area (Å²) in [5.41, 5.74) is 6.62. The van der Waals surface area contributed by atoms with Gasteiger partial charge in [0.1, 0.15) is 0 Å². The molecule has 1 saturated carbocycles. The van der Waals surface area contributed by atoms with E-state index in [-0.39, 0.29) is 0 Å². The molecule has 0 spiro atoms. The van der Waals surface area contributed by atoms with Crippen molar-refractivity contribution in [2.24, 2.45) is 11.1 Å². The third-order valence-corrected chi connectivity index (χ3v) is 4.75. The zero-order valence-corrected chi connectivity index (χ0v) is 11.2. The predicted molar refractivity (Wildman–Crippen MR) is 69.4 cm³/mol. The smallest absolute Gasteiger partial charge is 0.00985 e. The minimum Gasteiger partial charge on any atom is -0.328 e. The molecule has 2 rings (SSSR count). The highest BCUT2D eigenvalue weighted by atomic mass is 15.2. The first-order chi connectivity index (χ1) is 7.48. The van der Waals surface area contributed by atoms with Crippen LogP contribution >= 0.6 is 0 Å². The molecule has 0 radical (unpaired) electrons. The highest BCUT2D eigenvalue weighted by Gasteiger charge is 2.34. The zero-order chi connectivity index (χ0) is 11.8. The van der Waals surface area contributed by atoms with Gasteiger partial charge < -0.3 is 5.73 Å². The van der Waals surface area contributed by atoms with Crippen molar-refractivity contribution < 1.29 is 0 Å². The van der Waals surface area contributed by atoms with Crippen LogP contribution in [0.25, 0.3) is 0 Å². The Bertz CT molecular complexity index is 227. The molecule has 1 aliphatic carbocycles. The number of hydrogen-bond acceptors (Lipinski definition) is 2. The fourth-order valence-electron chi connectivity index (χ4n) is 3.48. The second-order valence-electron chi connectivity index (χ2n) is 6.77. The van der Waals surface area contributed by atoms with Crippen molar-refractivity contribution in [1.29, 1.82) is 0 Å². The van der Waals surface area contributed by atoms with Crippen LogP contribution in [0, 0.1) is 5.41 Å². The van der Waals surface area contributed by atoms with Crippen molar-refractivity contribution in [1.82, 2.24) is 4.90 Å². The Labute approximate surface area is 101 Å². The van der Waals surface area contributed by atoms with Crippen LogP contribution in [-0.4, -0.2) is 29.6 Å². The molecule has 2 unspecified atom stereocenters. The van der Waals surface area contributed by atoms with Gasteiger partial charge in [0, 0.05) is 24.7 Å². The van der Waals surface area contributed by atoms with E-state index in [1.807, 2.05) is 0 Å². The van der Waals surface area contributed by atoms with E-state index in [1.165, 1.54) is 45.1 Å². The van der Waals surface area contributed by atoms with Gasteiger partial charge in [-0.25, -0.2) is 0 Å². The van der Waals surface area contributed by atoms with Crippen LogP contribution in [-0.2, 0) is 0 Å². The third-order valence-electron chi connectivity index (χ3n) is 4.75. The third kappa shape index (κ3) is 2.78. The van der Waals surface area contributed by atoms with Crippen LogP contribution < -0.4 is 5.73 Å². The van der Waals surface area contributed by atoms with E-state index in [0.717, 1.165) is 6.04 Å². The first kappa shape index (κ1) is 12.4. The molecule has 2 N–H and O–H groups in total. The molecule has 2 fully saturated rings. The van der Waals surface area contributed by atoms with Crippen LogP contribution in [0.4, 0.5) is 0 Å². The maximum atomic E-state index is 6.03. The Hall–Kier alpha value is -0.0800. The van der Waals surface area contributed by atoms with Crippen LogP contribution in [0.15, 0.2) is 0 Å². The second kappa shape index (κ2) is 4.66. The van der Waals surface area contributed by atoms with Gasteiger partial charge in [-0.3, -0.25) is 4.90 Å². The van der Waals surface area contributed by atoms with Crippen LogP contribution in [0.3, 0.4) is 0 Å². The summed E-state index contributed by atoms with van der Waals surface area (Å²) in [6.07, 6.45) is 7.98. The Balaban J connectivity index is 1.89. The van der Waals surface area contributed by atoms with E-state index >= 15 is 0 Å². The topological polar surface area (TPSA) is 29.3 Å². The molecule has 0 amide bonds. The molecule has 0 aromatic rings. The summed E-state index contributed by atoms with van der Waals surface area (Å²) in [6.45, 7) is 8.42. The number of hydrogen-bond donors (Lipinski definition) is 1. The monoisotopic (exact) mass is 224 g/mol. The van der Waals surface area contributed by atoms with Gasteiger partial charge in [0.25, 0.3) is 0 Å². The van der Waals surface area contributed by atoms with Gasteiger partial charge in [-0.05, 0) is 50.9 Å². The highest BCUT2D eigenvalue weighted by molar-refractivity contribution is 4.89. The molecule has 1 heterocycles. The number of nitrogens with zero attached hydrogens (tertiary/aromatic N) is 1. The summed E-state index contributed by atoms with van der Waals surface area (Å²) in [7, 11) is 0. The minimum atomic E-state index is 0.450. The molecule has 0 aromatic heterocycles. The summed E-state index contributed by atoms with van der Waals surface area (Å²) >= 11 is 0. The van der Waals surface area contributed by atoms with E-state index < -0.39 is 0 Å².